The van der Waals surface area contributed by atoms with E-state index in [-0.39, 0.29) is 18.4 Å². The first-order valence-electron chi connectivity index (χ1n) is 8.74. The molecule has 0 bridgehead atoms. The lowest BCUT2D eigenvalue weighted by Gasteiger charge is -2.32. The van der Waals surface area contributed by atoms with Crippen molar-refractivity contribution >= 4 is 11.8 Å². The minimum Gasteiger partial charge on any atom is -0.481 e. The summed E-state index contributed by atoms with van der Waals surface area (Å²) in [6.45, 7) is 1.84. The number of carbonyl (C=O) groups is 2. The Morgan fingerprint density at radius 1 is 1.32 bits per heavy atom. The lowest BCUT2D eigenvalue weighted by molar-refractivity contribution is -0.146. The van der Waals surface area contributed by atoms with Crippen LogP contribution in [0.3, 0.4) is 0 Å². The van der Waals surface area contributed by atoms with E-state index < -0.39 is 6.10 Å². The first-order chi connectivity index (χ1) is 12.1. The molecule has 1 atom stereocenters. The summed E-state index contributed by atoms with van der Waals surface area (Å²) >= 11 is 0. The zero-order valence-electron chi connectivity index (χ0n) is 14.9. The number of fused-ring (bicyclic) bond motifs is 1. The number of rotatable bonds is 4. The van der Waals surface area contributed by atoms with Crippen molar-refractivity contribution in [3.63, 3.8) is 0 Å². The van der Waals surface area contributed by atoms with Gasteiger partial charge in [0, 0.05) is 32.0 Å². The topological polar surface area (TPSA) is 72.0 Å². The Labute approximate surface area is 147 Å². The number of amides is 2. The number of aromatic nitrogens is 1. The number of carbonyl (C=O) groups excluding carboxylic acids is 2. The van der Waals surface area contributed by atoms with Gasteiger partial charge in [0.05, 0.1) is 20.2 Å². The molecule has 1 aromatic rings. The van der Waals surface area contributed by atoms with E-state index in [2.05, 4.69) is 4.98 Å². The minimum absolute atomic E-state index is 0.0401. The molecule has 0 aromatic carbocycles. The predicted octanol–water partition coefficient (Wildman–Crippen LogP) is 1.00. The van der Waals surface area contributed by atoms with Gasteiger partial charge in [0.2, 0.25) is 11.8 Å². The molecule has 3 heterocycles. The van der Waals surface area contributed by atoms with Crippen LogP contribution in [0.25, 0.3) is 0 Å². The van der Waals surface area contributed by atoms with Crippen molar-refractivity contribution in [2.75, 3.05) is 33.9 Å². The number of hydrogen-bond donors (Lipinski definition) is 0. The third-order valence-corrected chi connectivity index (χ3v) is 5.00. The Kier molecular flexibility index (Phi) is 5.53. The molecule has 1 saturated heterocycles. The summed E-state index contributed by atoms with van der Waals surface area (Å²) in [6.07, 6.45) is 4.64. The standard InChI is InChI=1S/C18H25N3O4/c1-24-15-5-3-4-9-21(18(15)23)12-16(22)20-10-7-13-6-8-19-17(25-2)14(13)11-20/h6,8,15H,3-5,7,9-12H2,1-2H3. The third-order valence-electron chi connectivity index (χ3n) is 5.00. The molecule has 2 aliphatic rings. The van der Waals surface area contributed by atoms with E-state index >= 15 is 0 Å². The van der Waals surface area contributed by atoms with E-state index in [4.69, 9.17) is 9.47 Å². The summed E-state index contributed by atoms with van der Waals surface area (Å²) in [4.78, 5) is 32.9. The van der Waals surface area contributed by atoms with Gasteiger partial charge in [-0.25, -0.2) is 4.98 Å². The highest BCUT2D eigenvalue weighted by Gasteiger charge is 2.30. The van der Waals surface area contributed by atoms with Crippen molar-refractivity contribution < 1.29 is 19.1 Å². The SMILES string of the molecule is COc1nccc2c1CN(C(=O)CN1CCCCC(OC)C1=O)CC2. The van der Waals surface area contributed by atoms with E-state index in [1.807, 2.05) is 6.07 Å². The number of pyridine rings is 1. The van der Waals surface area contributed by atoms with Crippen LogP contribution < -0.4 is 4.74 Å². The molecule has 1 unspecified atom stereocenters. The molecule has 3 rings (SSSR count). The summed E-state index contributed by atoms with van der Waals surface area (Å²) in [5.74, 6) is 0.451. The second kappa shape index (κ2) is 7.82. The molecule has 7 nitrogen and oxygen atoms in total. The minimum atomic E-state index is -0.429. The summed E-state index contributed by atoms with van der Waals surface area (Å²) in [7, 11) is 3.14. The van der Waals surface area contributed by atoms with Crippen LogP contribution in [-0.4, -0.2) is 66.6 Å². The summed E-state index contributed by atoms with van der Waals surface area (Å²) < 4.78 is 10.6. The monoisotopic (exact) mass is 347 g/mol. The fourth-order valence-electron chi connectivity index (χ4n) is 3.54. The van der Waals surface area contributed by atoms with E-state index in [0.717, 1.165) is 31.2 Å². The fraction of sp³-hybridized carbons (Fsp3) is 0.611. The van der Waals surface area contributed by atoms with Gasteiger partial charge in [0.1, 0.15) is 6.10 Å². The van der Waals surface area contributed by atoms with Gasteiger partial charge in [0.15, 0.2) is 0 Å². The molecule has 0 radical (unpaired) electrons. The lowest BCUT2D eigenvalue weighted by atomic mass is 10.0. The van der Waals surface area contributed by atoms with Crippen molar-refractivity contribution in [3.8, 4) is 5.88 Å². The maximum atomic E-state index is 12.8. The average Bonchev–Trinajstić information content (AvgIpc) is 2.82. The Balaban J connectivity index is 1.68. The molecule has 136 valence electrons. The van der Waals surface area contributed by atoms with Crippen LogP contribution >= 0.6 is 0 Å². The third kappa shape index (κ3) is 3.76. The zero-order chi connectivity index (χ0) is 17.8. The molecule has 0 aliphatic carbocycles. The quantitative estimate of drug-likeness (QED) is 0.813. The second-order valence-corrected chi connectivity index (χ2v) is 6.50. The Morgan fingerprint density at radius 3 is 2.92 bits per heavy atom. The predicted molar refractivity (Wildman–Crippen MR) is 91.1 cm³/mol. The van der Waals surface area contributed by atoms with Gasteiger partial charge in [-0.1, -0.05) is 0 Å². The summed E-state index contributed by atoms with van der Waals surface area (Å²) in [5, 5.41) is 0. The molecule has 1 aromatic heterocycles. The van der Waals surface area contributed by atoms with Crippen molar-refractivity contribution in [2.24, 2.45) is 0 Å². The summed E-state index contributed by atoms with van der Waals surface area (Å²) in [5.41, 5.74) is 2.13. The largest absolute Gasteiger partial charge is 0.481 e. The van der Waals surface area contributed by atoms with Crippen LogP contribution in [0.5, 0.6) is 5.88 Å². The van der Waals surface area contributed by atoms with E-state index in [0.29, 0.717) is 25.5 Å². The Morgan fingerprint density at radius 2 is 2.16 bits per heavy atom. The molecule has 2 aliphatic heterocycles. The number of ether oxygens (including phenoxy) is 2. The molecule has 7 heteroatoms. The van der Waals surface area contributed by atoms with Gasteiger partial charge in [-0.15, -0.1) is 0 Å². The highest BCUT2D eigenvalue weighted by molar-refractivity contribution is 5.87. The fourth-order valence-corrected chi connectivity index (χ4v) is 3.54. The lowest BCUT2D eigenvalue weighted by Crippen LogP contribution is -2.47. The Hall–Kier alpha value is -2.15. The van der Waals surface area contributed by atoms with Gasteiger partial charge in [-0.2, -0.15) is 0 Å². The van der Waals surface area contributed by atoms with Crippen LogP contribution in [0.15, 0.2) is 12.3 Å². The second-order valence-electron chi connectivity index (χ2n) is 6.50. The average molecular weight is 347 g/mol. The number of nitrogens with zero attached hydrogens (tertiary/aromatic N) is 3. The number of likely N-dealkylation sites (tertiary alicyclic amines) is 1. The molecular formula is C18H25N3O4. The number of hydrogen-bond acceptors (Lipinski definition) is 5. The molecule has 0 saturated carbocycles. The zero-order valence-corrected chi connectivity index (χ0v) is 14.9. The highest BCUT2D eigenvalue weighted by Crippen LogP contribution is 2.26. The van der Waals surface area contributed by atoms with Crippen LogP contribution in [0.2, 0.25) is 0 Å². The van der Waals surface area contributed by atoms with Crippen molar-refractivity contribution in [1.29, 1.82) is 0 Å². The smallest absolute Gasteiger partial charge is 0.252 e. The normalized spacial score (nSPS) is 20.9. The first kappa shape index (κ1) is 17.7. The molecule has 2 amide bonds. The first-order valence-corrected chi connectivity index (χ1v) is 8.74. The maximum absolute atomic E-state index is 12.8. The van der Waals surface area contributed by atoms with Gasteiger partial charge in [-0.3, -0.25) is 9.59 Å². The van der Waals surface area contributed by atoms with Gasteiger partial charge >= 0.3 is 0 Å². The van der Waals surface area contributed by atoms with E-state index in [9.17, 15) is 9.59 Å². The Bertz CT molecular complexity index is 635. The van der Waals surface area contributed by atoms with Crippen molar-refractivity contribution in [2.45, 2.75) is 38.3 Å². The van der Waals surface area contributed by atoms with Crippen molar-refractivity contribution in [1.82, 2.24) is 14.8 Å². The van der Waals surface area contributed by atoms with E-state index in [1.54, 1.807) is 30.2 Å². The molecule has 0 spiro atoms. The van der Waals surface area contributed by atoms with Crippen molar-refractivity contribution in [3.05, 3.63) is 23.4 Å². The van der Waals surface area contributed by atoms with Crippen LogP contribution in [-0.2, 0) is 27.3 Å². The van der Waals surface area contributed by atoms with Crippen LogP contribution in [0.4, 0.5) is 0 Å². The van der Waals surface area contributed by atoms with Crippen LogP contribution in [0.1, 0.15) is 30.4 Å². The van der Waals surface area contributed by atoms with E-state index in [1.165, 1.54) is 5.56 Å². The summed E-state index contributed by atoms with van der Waals surface area (Å²) in [6, 6.07) is 1.97. The molecule has 0 N–H and O–H groups in total. The number of methoxy groups -OCH3 is 2. The van der Waals surface area contributed by atoms with Crippen LogP contribution in [0, 0.1) is 0 Å². The molecule has 25 heavy (non-hydrogen) atoms. The van der Waals surface area contributed by atoms with Gasteiger partial charge in [0.25, 0.3) is 5.91 Å². The highest BCUT2D eigenvalue weighted by atomic mass is 16.5. The maximum Gasteiger partial charge on any atom is 0.252 e. The van der Waals surface area contributed by atoms with Gasteiger partial charge in [-0.05, 0) is 37.3 Å². The van der Waals surface area contributed by atoms with Gasteiger partial charge < -0.3 is 19.3 Å². The molecular weight excluding hydrogens is 322 g/mol. The molecule has 1 fully saturated rings.